The molecule has 0 saturated heterocycles. The average molecular weight is 439 g/mol. The minimum atomic E-state index is -1.10. The van der Waals surface area contributed by atoms with E-state index in [-0.39, 0.29) is 12.8 Å². The smallest absolute Gasteiger partial charge is 0.329 e. The lowest BCUT2D eigenvalue weighted by molar-refractivity contribution is -0.157. The van der Waals surface area contributed by atoms with Crippen molar-refractivity contribution in [3.8, 4) is 0 Å². The SMILES string of the molecule is CCCCCC[C@H](NC(=O)CC[C@H](NC(=O)n1ccnc1)C(=O)OC(C)(C)C)C(=O)O. The molecule has 1 rings (SSSR count). The van der Waals surface area contributed by atoms with Crippen molar-refractivity contribution in [1.29, 1.82) is 0 Å². The molecule has 0 radical (unpaired) electrons. The van der Waals surface area contributed by atoms with Gasteiger partial charge in [0.05, 0.1) is 0 Å². The number of carboxylic acid groups (broad SMARTS) is 1. The van der Waals surface area contributed by atoms with Crippen molar-refractivity contribution in [2.24, 2.45) is 0 Å². The number of aliphatic carboxylic acids is 1. The number of nitrogens with one attached hydrogen (secondary N) is 2. The zero-order valence-electron chi connectivity index (χ0n) is 18.7. The third-order valence-corrected chi connectivity index (χ3v) is 4.37. The summed E-state index contributed by atoms with van der Waals surface area (Å²) in [7, 11) is 0. The van der Waals surface area contributed by atoms with Crippen molar-refractivity contribution in [3.05, 3.63) is 18.7 Å². The van der Waals surface area contributed by atoms with E-state index in [2.05, 4.69) is 22.5 Å². The van der Waals surface area contributed by atoms with Gasteiger partial charge in [0.15, 0.2) is 0 Å². The number of hydrogen-bond donors (Lipinski definition) is 3. The molecule has 0 aliphatic heterocycles. The zero-order chi connectivity index (χ0) is 23.4. The van der Waals surface area contributed by atoms with Crippen LogP contribution in [0.25, 0.3) is 0 Å². The summed E-state index contributed by atoms with van der Waals surface area (Å²) in [6.45, 7) is 7.15. The highest BCUT2D eigenvalue weighted by atomic mass is 16.6. The second-order valence-corrected chi connectivity index (χ2v) is 8.35. The summed E-state index contributed by atoms with van der Waals surface area (Å²) in [6, 6.07) is -2.65. The molecule has 174 valence electrons. The van der Waals surface area contributed by atoms with Crippen LogP contribution in [0.2, 0.25) is 0 Å². The van der Waals surface area contributed by atoms with Crippen LogP contribution in [0.4, 0.5) is 4.79 Å². The molecule has 3 N–H and O–H groups in total. The summed E-state index contributed by atoms with van der Waals surface area (Å²) < 4.78 is 6.50. The summed E-state index contributed by atoms with van der Waals surface area (Å²) in [4.78, 5) is 52.3. The van der Waals surface area contributed by atoms with Crippen LogP contribution in [0, 0.1) is 0 Å². The van der Waals surface area contributed by atoms with E-state index in [1.54, 1.807) is 20.8 Å². The Labute approximate surface area is 182 Å². The highest BCUT2D eigenvalue weighted by Gasteiger charge is 2.28. The van der Waals surface area contributed by atoms with E-state index in [0.29, 0.717) is 12.8 Å². The molecule has 10 heteroatoms. The second kappa shape index (κ2) is 12.7. The van der Waals surface area contributed by atoms with E-state index >= 15 is 0 Å². The van der Waals surface area contributed by atoms with Crippen LogP contribution < -0.4 is 10.6 Å². The zero-order valence-corrected chi connectivity index (χ0v) is 18.7. The van der Waals surface area contributed by atoms with E-state index in [9.17, 15) is 24.3 Å². The van der Waals surface area contributed by atoms with Gasteiger partial charge in [-0.1, -0.05) is 32.6 Å². The van der Waals surface area contributed by atoms with Gasteiger partial charge in [0.1, 0.15) is 24.0 Å². The largest absolute Gasteiger partial charge is 0.480 e. The molecule has 2 amide bonds. The number of hydrogen-bond acceptors (Lipinski definition) is 6. The fraction of sp³-hybridized carbons (Fsp3) is 0.667. The average Bonchev–Trinajstić information content (AvgIpc) is 3.20. The van der Waals surface area contributed by atoms with E-state index in [1.165, 1.54) is 18.7 Å². The van der Waals surface area contributed by atoms with Crippen LogP contribution in [0.5, 0.6) is 0 Å². The maximum absolute atomic E-state index is 12.5. The first kappa shape index (κ1) is 26.1. The minimum absolute atomic E-state index is 0.0383. The summed E-state index contributed by atoms with van der Waals surface area (Å²) in [5, 5.41) is 14.4. The first-order valence-corrected chi connectivity index (χ1v) is 10.6. The van der Waals surface area contributed by atoms with E-state index in [1.807, 2.05) is 0 Å². The number of carboxylic acids is 1. The van der Waals surface area contributed by atoms with Crippen molar-refractivity contribution >= 4 is 23.9 Å². The van der Waals surface area contributed by atoms with Gasteiger partial charge in [-0.25, -0.2) is 19.4 Å². The fourth-order valence-corrected chi connectivity index (χ4v) is 2.80. The number of carbonyl (C=O) groups excluding carboxylic acids is 3. The molecular formula is C21H34N4O6. The topological polar surface area (TPSA) is 140 Å². The summed E-state index contributed by atoms with van der Waals surface area (Å²) in [6.07, 6.45) is 7.92. The molecule has 1 heterocycles. The van der Waals surface area contributed by atoms with Crippen molar-refractivity contribution in [2.45, 2.75) is 90.3 Å². The van der Waals surface area contributed by atoms with Gasteiger partial charge in [-0.05, 0) is 33.6 Å². The minimum Gasteiger partial charge on any atom is -0.480 e. The lowest BCUT2D eigenvalue weighted by Gasteiger charge is -2.24. The number of unbranched alkanes of at least 4 members (excludes halogenated alkanes) is 3. The molecule has 2 atom stereocenters. The predicted molar refractivity (Wildman–Crippen MR) is 113 cm³/mol. The Morgan fingerprint density at radius 3 is 2.32 bits per heavy atom. The van der Waals surface area contributed by atoms with E-state index < -0.39 is 41.6 Å². The second-order valence-electron chi connectivity index (χ2n) is 8.35. The van der Waals surface area contributed by atoms with Crippen LogP contribution in [-0.2, 0) is 19.1 Å². The fourth-order valence-electron chi connectivity index (χ4n) is 2.80. The van der Waals surface area contributed by atoms with Gasteiger partial charge in [-0.2, -0.15) is 0 Å². The number of esters is 1. The lowest BCUT2D eigenvalue weighted by atomic mass is 10.1. The number of rotatable bonds is 12. The number of aromatic nitrogens is 2. The lowest BCUT2D eigenvalue weighted by Crippen LogP contribution is -2.46. The van der Waals surface area contributed by atoms with Crippen LogP contribution in [0.15, 0.2) is 18.7 Å². The normalized spacial score (nSPS) is 13.2. The summed E-state index contributed by atoms with van der Waals surface area (Å²) in [5.74, 6) is -2.28. The summed E-state index contributed by atoms with van der Waals surface area (Å²) >= 11 is 0. The molecule has 1 aromatic heterocycles. The number of ether oxygens (including phenoxy) is 1. The maximum Gasteiger partial charge on any atom is 0.329 e. The molecule has 0 aliphatic carbocycles. The van der Waals surface area contributed by atoms with Gasteiger partial charge in [0, 0.05) is 18.8 Å². The molecule has 0 aliphatic rings. The molecule has 0 saturated carbocycles. The van der Waals surface area contributed by atoms with Gasteiger partial charge < -0.3 is 20.5 Å². The predicted octanol–water partition coefficient (Wildman–Crippen LogP) is 2.47. The van der Waals surface area contributed by atoms with Gasteiger partial charge in [-0.15, -0.1) is 0 Å². The van der Waals surface area contributed by atoms with Crippen molar-refractivity contribution < 1.29 is 29.0 Å². The molecule has 0 spiro atoms. The Morgan fingerprint density at radius 1 is 1.06 bits per heavy atom. The first-order valence-electron chi connectivity index (χ1n) is 10.6. The molecule has 1 aromatic rings. The summed E-state index contributed by atoms with van der Waals surface area (Å²) in [5.41, 5.74) is -0.774. The molecule has 31 heavy (non-hydrogen) atoms. The van der Waals surface area contributed by atoms with Crippen molar-refractivity contribution in [3.63, 3.8) is 0 Å². The highest BCUT2D eigenvalue weighted by Crippen LogP contribution is 2.12. The van der Waals surface area contributed by atoms with Gasteiger partial charge >= 0.3 is 18.0 Å². The Morgan fingerprint density at radius 2 is 1.77 bits per heavy atom. The Hall–Kier alpha value is -2.91. The third kappa shape index (κ3) is 10.6. The van der Waals surface area contributed by atoms with E-state index in [0.717, 1.165) is 23.8 Å². The van der Waals surface area contributed by atoms with Crippen molar-refractivity contribution in [2.75, 3.05) is 0 Å². The monoisotopic (exact) mass is 438 g/mol. The molecule has 0 unspecified atom stereocenters. The molecule has 0 fully saturated rings. The number of nitrogens with zero attached hydrogens (tertiary/aromatic N) is 2. The van der Waals surface area contributed by atoms with Crippen LogP contribution >= 0.6 is 0 Å². The molecule has 0 aromatic carbocycles. The highest BCUT2D eigenvalue weighted by molar-refractivity contribution is 5.86. The van der Waals surface area contributed by atoms with Gasteiger partial charge in [0.2, 0.25) is 5.91 Å². The Kier molecular flexibility index (Phi) is 10.7. The van der Waals surface area contributed by atoms with Crippen LogP contribution in [0.1, 0.15) is 72.6 Å². The standard InChI is InChI=1S/C21H34N4O6/c1-5-6-7-8-9-15(18(27)28)23-17(26)11-10-16(19(29)31-21(2,3)4)24-20(30)25-13-12-22-14-25/h12-16H,5-11H2,1-4H3,(H,23,26)(H,24,30)(H,27,28)/t15-,16-/m0/s1. The molecule has 10 nitrogen and oxygen atoms in total. The molecule has 0 bridgehead atoms. The van der Waals surface area contributed by atoms with E-state index in [4.69, 9.17) is 4.74 Å². The number of carbonyl (C=O) groups is 4. The Bertz CT molecular complexity index is 727. The number of amides is 2. The third-order valence-electron chi connectivity index (χ3n) is 4.37. The van der Waals surface area contributed by atoms with Gasteiger partial charge in [0.25, 0.3) is 0 Å². The quantitative estimate of drug-likeness (QED) is 0.336. The van der Waals surface area contributed by atoms with Crippen LogP contribution in [-0.4, -0.2) is 56.2 Å². The van der Waals surface area contributed by atoms with Crippen molar-refractivity contribution in [1.82, 2.24) is 20.2 Å². The maximum atomic E-state index is 12.5. The first-order chi connectivity index (χ1) is 14.5. The Balaban J connectivity index is 2.70. The number of imidazole rings is 1. The van der Waals surface area contributed by atoms with Crippen LogP contribution in [0.3, 0.4) is 0 Å². The van der Waals surface area contributed by atoms with Gasteiger partial charge in [-0.3, -0.25) is 9.36 Å². The molecular weight excluding hydrogens is 404 g/mol.